The minimum Gasteiger partial charge on any atom is -0.323 e. The Morgan fingerprint density at radius 2 is 1.89 bits per heavy atom. The van der Waals surface area contributed by atoms with Gasteiger partial charge in [0, 0.05) is 0 Å². The van der Waals surface area contributed by atoms with E-state index in [-0.39, 0.29) is 18.3 Å². The van der Waals surface area contributed by atoms with Crippen LogP contribution >= 0.6 is 12.4 Å². The Labute approximate surface area is 119 Å². The summed E-state index contributed by atoms with van der Waals surface area (Å²) in [4.78, 5) is 11.5. The van der Waals surface area contributed by atoms with Gasteiger partial charge in [-0.3, -0.25) is 9.52 Å². The van der Waals surface area contributed by atoms with Gasteiger partial charge in [0.1, 0.15) is 0 Å². The summed E-state index contributed by atoms with van der Waals surface area (Å²) >= 11 is 0. The monoisotopic (exact) mass is 307 g/mol. The van der Waals surface area contributed by atoms with Gasteiger partial charge >= 0.3 is 0 Å². The average Bonchev–Trinajstić information content (AvgIpc) is 2.20. The second kappa shape index (κ2) is 6.74. The number of amides is 1. The summed E-state index contributed by atoms with van der Waals surface area (Å²) in [5.74, 6) is -0.378. The number of nitrogens with two attached hydrogens (primary N) is 1. The van der Waals surface area contributed by atoms with Crippen molar-refractivity contribution in [3.63, 3.8) is 0 Å². The Kier molecular flexibility index (Phi) is 6.28. The summed E-state index contributed by atoms with van der Waals surface area (Å²) in [6, 6.07) is 4.34. The lowest BCUT2D eigenvalue weighted by Gasteiger charge is -2.14. The molecular weight excluding hydrogens is 290 g/mol. The lowest BCUT2D eigenvalue weighted by atomic mass is 10.2. The van der Waals surface area contributed by atoms with Crippen molar-refractivity contribution in [2.45, 2.75) is 19.9 Å². The van der Waals surface area contributed by atoms with Crippen molar-refractivity contribution in [1.82, 2.24) is 0 Å². The van der Waals surface area contributed by atoms with Crippen molar-refractivity contribution >= 4 is 39.7 Å². The third-order valence-corrected chi connectivity index (χ3v) is 2.73. The van der Waals surface area contributed by atoms with Gasteiger partial charge in [-0.2, -0.15) is 0 Å². The highest BCUT2D eigenvalue weighted by Gasteiger charge is 2.12. The molecule has 19 heavy (non-hydrogen) atoms. The maximum absolute atomic E-state index is 11.5. The van der Waals surface area contributed by atoms with Crippen LogP contribution in [0.1, 0.15) is 12.5 Å². The van der Waals surface area contributed by atoms with Crippen molar-refractivity contribution in [1.29, 1.82) is 0 Å². The number of aryl methyl sites for hydroxylation is 1. The lowest BCUT2D eigenvalue weighted by Crippen LogP contribution is -2.32. The molecule has 0 unspecified atom stereocenters. The van der Waals surface area contributed by atoms with E-state index < -0.39 is 16.1 Å². The molecule has 0 aliphatic carbocycles. The van der Waals surface area contributed by atoms with Crippen LogP contribution in [0.15, 0.2) is 18.2 Å². The molecule has 0 bridgehead atoms. The normalized spacial score (nSPS) is 12.2. The lowest BCUT2D eigenvalue weighted by molar-refractivity contribution is -0.117. The number of carbonyl (C=O) groups is 1. The summed E-state index contributed by atoms with van der Waals surface area (Å²) in [5, 5.41) is 2.58. The van der Waals surface area contributed by atoms with Crippen molar-refractivity contribution in [2.24, 2.45) is 5.73 Å². The van der Waals surface area contributed by atoms with Gasteiger partial charge in [0.25, 0.3) is 0 Å². The quantitative estimate of drug-likeness (QED) is 0.774. The molecule has 1 aromatic rings. The van der Waals surface area contributed by atoms with Crippen molar-refractivity contribution in [3.05, 3.63) is 23.8 Å². The van der Waals surface area contributed by atoms with Crippen LogP contribution in [-0.4, -0.2) is 26.6 Å². The molecule has 0 aliphatic rings. The zero-order valence-electron chi connectivity index (χ0n) is 10.9. The molecule has 0 radical (unpaired) electrons. The zero-order chi connectivity index (χ0) is 13.9. The second-order valence-electron chi connectivity index (χ2n) is 4.20. The molecule has 4 N–H and O–H groups in total. The van der Waals surface area contributed by atoms with Crippen LogP contribution in [-0.2, 0) is 14.8 Å². The molecule has 0 spiro atoms. The van der Waals surface area contributed by atoms with Gasteiger partial charge in [0.15, 0.2) is 0 Å². The summed E-state index contributed by atoms with van der Waals surface area (Å²) < 4.78 is 24.8. The van der Waals surface area contributed by atoms with E-state index in [1.165, 1.54) is 0 Å². The first-order valence-corrected chi connectivity index (χ1v) is 7.23. The highest BCUT2D eigenvalue weighted by molar-refractivity contribution is 7.92. The third-order valence-electron chi connectivity index (χ3n) is 2.14. The Morgan fingerprint density at radius 1 is 1.32 bits per heavy atom. The molecule has 1 rings (SSSR count). The number of carbonyl (C=O) groups excluding carboxylic acids is 1. The number of benzene rings is 1. The fourth-order valence-electron chi connectivity index (χ4n) is 1.30. The number of nitrogens with one attached hydrogen (secondary N) is 2. The van der Waals surface area contributed by atoms with Gasteiger partial charge in [-0.05, 0) is 31.5 Å². The smallest absolute Gasteiger partial charge is 0.241 e. The average molecular weight is 308 g/mol. The second-order valence-corrected chi connectivity index (χ2v) is 5.95. The van der Waals surface area contributed by atoms with Crippen LogP contribution < -0.4 is 15.8 Å². The van der Waals surface area contributed by atoms with Gasteiger partial charge < -0.3 is 11.1 Å². The minimum atomic E-state index is -3.40. The highest BCUT2D eigenvalue weighted by Crippen LogP contribution is 2.24. The summed E-state index contributed by atoms with van der Waals surface area (Å²) in [7, 11) is -3.40. The molecule has 1 atom stereocenters. The Bertz CT molecular complexity index is 558. The fourth-order valence-corrected chi connectivity index (χ4v) is 1.87. The number of halogens is 1. The molecule has 1 amide bonds. The van der Waals surface area contributed by atoms with Crippen LogP contribution in [0.4, 0.5) is 11.4 Å². The summed E-state index contributed by atoms with van der Waals surface area (Å²) in [5.41, 5.74) is 7.05. The first-order chi connectivity index (χ1) is 8.19. The van der Waals surface area contributed by atoms with Gasteiger partial charge in [-0.15, -0.1) is 12.4 Å². The van der Waals surface area contributed by atoms with E-state index >= 15 is 0 Å². The van der Waals surface area contributed by atoms with Crippen LogP contribution in [0.25, 0.3) is 0 Å². The van der Waals surface area contributed by atoms with Crippen LogP contribution in [0.3, 0.4) is 0 Å². The predicted octanol–water partition coefficient (Wildman–Crippen LogP) is 1.07. The molecule has 6 nitrogen and oxygen atoms in total. The van der Waals surface area contributed by atoms with Gasteiger partial charge in [-0.1, -0.05) is 6.07 Å². The molecule has 0 saturated heterocycles. The number of hydrogen-bond donors (Lipinski definition) is 3. The largest absolute Gasteiger partial charge is 0.323 e. The summed E-state index contributed by atoms with van der Waals surface area (Å²) in [6.45, 7) is 3.39. The Balaban J connectivity index is 0.00000324. The van der Waals surface area contributed by atoms with E-state index in [1.807, 2.05) is 6.92 Å². The molecule has 0 aliphatic heterocycles. The van der Waals surface area contributed by atoms with Crippen molar-refractivity contribution < 1.29 is 13.2 Å². The first-order valence-electron chi connectivity index (χ1n) is 5.34. The molecule has 0 aromatic heterocycles. The maximum atomic E-state index is 11.5. The first kappa shape index (κ1) is 17.7. The molecule has 108 valence electrons. The molecule has 8 heteroatoms. The van der Waals surface area contributed by atoms with Crippen LogP contribution in [0, 0.1) is 6.92 Å². The van der Waals surface area contributed by atoms with E-state index in [0.717, 1.165) is 11.8 Å². The highest BCUT2D eigenvalue weighted by atomic mass is 35.5. The number of sulfonamides is 1. The molecule has 0 fully saturated rings. The maximum Gasteiger partial charge on any atom is 0.241 e. The van der Waals surface area contributed by atoms with Crippen molar-refractivity contribution in [2.75, 3.05) is 16.3 Å². The number of hydrogen-bond acceptors (Lipinski definition) is 4. The molecule has 0 heterocycles. The fraction of sp³-hybridized carbons (Fsp3) is 0.364. The molecule has 0 saturated carbocycles. The topological polar surface area (TPSA) is 101 Å². The Hall–Kier alpha value is -1.31. The SMILES string of the molecule is Cc1ccc(NS(C)(=O)=O)c(NC(=O)[C@H](C)N)c1.Cl. The van der Waals surface area contributed by atoms with Gasteiger partial charge in [0.05, 0.1) is 23.7 Å². The third kappa shape index (κ3) is 5.91. The van der Waals surface area contributed by atoms with E-state index in [1.54, 1.807) is 25.1 Å². The van der Waals surface area contributed by atoms with Crippen molar-refractivity contribution in [3.8, 4) is 0 Å². The van der Waals surface area contributed by atoms with E-state index in [0.29, 0.717) is 11.4 Å². The van der Waals surface area contributed by atoms with Gasteiger partial charge in [-0.25, -0.2) is 8.42 Å². The minimum absolute atomic E-state index is 0. The van der Waals surface area contributed by atoms with E-state index in [2.05, 4.69) is 10.0 Å². The van der Waals surface area contributed by atoms with Gasteiger partial charge in [0.2, 0.25) is 15.9 Å². The van der Waals surface area contributed by atoms with E-state index in [4.69, 9.17) is 5.73 Å². The zero-order valence-corrected chi connectivity index (χ0v) is 12.6. The molecule has 1 aromatic carbocycles. The standard InChI is InChI=1S/C11H17N3O3S.ClH/c1-7-4-5-9(14-18(3,16)17)10(6-7)13-11(15)8(2)12;/h4-6,8,14H,12H2,1-3H3,(H,13,15);1H/t8-;/m0./s1. The molecular formula is C11H18ClN3O3S. The summed E-state index contributed by atoms with van der Waals surface area (Å²) in [6.07, 6.45) is 1.05. The number of rotatable bonds is 4. The van der Waals surface area contributed by atoms with Crippen LogP contribution in [0.5, 0.6) is 0 Å². The predicted molar refractivity (Wildman–Crippen MR) is 79.2 cm³/mol. The van der Waals surface area contributed by atoms with E-state index in [9.17, 15) is 13.2 Å². The van der Waals surface area contributed by atoms with Crippen LogP contribution in [0.2, 0.25) is 0 Å². The number of anilines is 2. The Morgan fingerprint density at radius 3 is 2.37 bits per heavy atom.